The second-order valence-electron chi connectivity index (χ2n) is 7.46. The van der Waals surface area contributed by atoms with Gasteiger partial charge in [-0.1, -0.05) is 19.4 Å². The smallest absolute Gasteiger partial charge is 0.255 e. The molecule has 7 heteroatoms. The number of nitrogens with zero attached hydrogens (tertiary/aromatic N) is 1. The number of amides is 1. The van der Waals surface area contributed by atoms with Gasteiger partial charge in [-0.25, -0.2) is 4.98 Å². The molecule has 1 heterocycles. The largest absolute Gasteiger partial charge is 0.494 e. The van der Waals surface area contributed by atoms with Crippen molar-refractivity contribution in [1.82, 2.24) is 4.98 Å². The third-order valence-electron chi connectivity index (χ3n) is 5.14. The summed E-state index contributed by atoms with van der Waals surface area (Å²) in [4.78, 5) is 17.3. The zero-order valence-electron chi connectivity index (χ0n) is 18.9. The van der Waals surface area contributed by atoms with Crippen LogP contribution in [0.1, 0.15) is 30.1 Å². The van der Waals surface area contributed by atoms with Gasteiger partial charge in [0.25, 0.3) is 5.91 Å². The van der Waals surface area contributed by atoms with Gasteiger partial charge in [-0.05, 0) is 61.0 Å². The van der Waals surface area contributed by atoms with Crippen LogP contribution in [0.3, 0.4) is 0 Å². The molecule has 0 aliphatic heterocycles. The van der Waals surface area contributed by atoms with E-state index in [1.54, 1.807) is 50.6 Å². The molecule has 7 nitrogen and oxygen atoms in total. The molecule has 0 unspecified atom stereocenters. The third-order valence-corrected chi connectivity index (χ3v) is 5.14. The molecule has 33 heavy (non-hydrogen) atoms. The number of carbonyl (C=O) groups is 1. The van der Waals surface area contributed by atoms with Gasteiger partial charge >= 0.3 is 0 Å². The number of hydrogen-bond donors (Lipinski definition) is 1. The maximum atomic E-state index is 12.8. The number of nitrogens with one attached hydrogen (secondary N) is 1. The van der Waals surface area contributed by atoms with Crippen LogP contribution in [0.15, 0.2) is 65.1 Å². The molecule has 1 N–H and O–H groups in total. The van der Waals surface area contributed by atoms with Gasteiger partial charge in [-0.3, -0.25) is 4.79 Å². The summed E-state index contributed by atoms with van der Waals surface area (Å²) in [5.41, 5.74) is 3.15. The number of ether oxygens (including phenoxy) is 3. The number of unbranched alkanes of at least 4 members (excludes halogenated alkanes) is 1. The van der Waals surface area contributed by atoms with Crippen LogP contribution in [-0.4, -0.2) is 31.7 Å². The van der Waals surface area contributed by atoms with Crippen molar-refractivity contribution in [2.75, 3.05) is 26.1 Å². The predicted molar refractivity (Wildman–Crippen MR) is 127 cm³/mol. The van der Waals surface area contributed by atoms with Crippen LogP contribution in [0, 0.1) is 0 Å². The lowest BCUT2D eigenvalue weighted by Gasteiger charge is -2.08. The van der Waals surface area contributed by atoms with E-state index in [0.717, 1.165) is 18.4 Å². The number of oxazole rings is 1. The van der Waals surface area contributed by atoms with Crippen LogP contribution in [-0.2, 0) is 0 Å². The topological polar surface area (TPSA) is 82.8 Å². The average molecular weight is 447 g/mol. The second-order valence-corrected chi connectivity index (χ2v) is 7.46. The molecule has 4 rings (SSSR count). The van der Waals surface area contributed by atoms with Crippen molar-refractivity contribution in [2.45, 2.75) is 19.8 Å². The van der Waals surface area contributed by atoms with Gasteiger partial charge in [0.05, 0.1) is 20.8 Å². The molecule has 0 fully saturated rings. The van der Waals surface area contributed by atoms with E-state index in [1.807, 2.05) is 24.3 Å². The highest BCUT2D eigenvalue weighted by Crippen LogP contribution is 2.33. The Kier molecular flexibility index (Phi) is 6.78. The summed E-state index contributed by atoms with van der Waals surface area (Å²) >= 11 is 0. The number of benzene rings is 3. The third kappa shape index (κ3) is 5.09. The highest BCUT2D eigenvalue weighted by molar-refractivity contribution is 6.05. The Balaban J connectivity index is 1.52. The number of aromatic nitrogens is 1. The highest BCUT2D eigenvalue weighted by atomic mass is 16.5. The molecule has 0 aliphatic rings. The molecule has 0 radical (unpaired) electrons. The van der Waals surface area contributed by atoms with E-state index in [4.69, 9.17) is 18.6 Å². The molecule has 0 saturated carbocycles. The molecule has 1 aromatic heterocycles. The normalized spacial score (nSPS) is 10.8. The molecule has 170 valence electrons. The number of hydrogen-bond acceptors (Lipinski definition) is 6. The van der Waals surface area contributed by atoms with Crippen molar-refractivity contribution in [1.29, 1.82) is 0 Å². The number of rotatable bonds is 9. The average Bonchev–Trinajstić information content (AvgIpc) is 3.27. The SMILES string of the molecule is CCCCOc1cccc(C(=O)Nc2ccc3oc(-c4ccc(OC)c(OC)c4)nc3c2)c1. The fourth-order valence-corrected chi connectivity index (χ4v) is 3.36. The number of fused-ring (bicyclic) bond motifs is 1. The van der Waals surface area contributed by atoms with Crippen molar-refractivity contribution < 1.29 is 23.4 Å². The quantitative estimate of drug-likeness (QED) is 0.320. The molecule has 0 aliphatic carbocycles. The Morgan fingerprint density at radius 3 is 2.64 bits per heavy atom. The minimum atomic E-state index is -0.223. The van der Waals surface area contributed by atoms with Crippen LogP contribution in [0.25, 0.3) is 22.6 Å². The molecule has 0 atom stereocenters. The van der Waals surface area contributed by atoms with Gasteiger partial charge in [0.15, 0.2) is 17.1 Å². The first kappa shape index (κ1) is 22.2. The molecule has 4 aromatic rings. The summed E-state index contributed by atoms with van der Waals surface area (Å²) in [5, 5.41) is 2.91. The summed E-state index contributed by atoms with van der Waals surface area (Å²) < 4.78 is 22.2. The molecular formula is C26H26N2O5. The van der Waals surface area contributed by atoms with E-state index in [9.17, 15) is 4.79 Å². The van der Waals surface area contributed by atoms with Crippen LogP contribution in [0.5, 0.6) is 17.2 Å². The van der Waals surface area contributed by atoms with Crippen LogP contribution >= 0.6 is 0 Å². The lowest BCUT2D eigenvalue weighted by atomic mass is 10.2. The van der Waals surface area contributed by atoms with E-state index >= 15 is 0 Å². The van der Waals surface area contributed by atoms with Gasteiger partial charge in [-0.2, -0.15) is 0 Å². The molecule has 3 aromatic carbocycles. The van der Waals surface area contributed by atoms with Gasteiger partial charge < -0.3 is 23.9 Å². The minimum absolute atomic E-state index is 0.223. The molecule has 1 amide bonds. The fourth-order valence-electron chi connectivity index (χ4n) is 3.36. The standard InChI is InChI=1S/C26H26N2O5/c1-4-5-13-32-20-8-6-7-17(14-20)25(29)27-19-10-12-22-21(16-19)28-26(33-22)18-9-11-23(30-2)24(15-18)31-3/h6-12,14-16H,4-5,13H2,1-3H3,(H,27,29). The Morgan fingerprint density at radius 2 is 1.85 bits per heavy atom. The Labute approximate surface area is 192 Å². The van der Waals surface area contributed by atoms with Crippen molar-refractivity contribution in [3.8, 4) is 28.7 Å². The fraction of sp³-hybridized carbons (Fsp3) is 0.231. The van der Waals surface area contributed by atoms with E-state index in [0.29, 0.717) is 52.1 Å². The summed E-state index contributed by atoms with van der Waals surface area (Å²) in [7, 11) is 3.16. The first-order valence-corrected chi connectivity index (χ1v) is 10.8. The minimum Gasteiger partial charge on any atom is -0.494 e. The Morgan fingerprint density at radius 1 is 1.00 bits per heavy atom. The number of methoxy groups -OCH3 is 2. The highest BCUT2D eigenvalue weighted by Gasteiger charge is 2.14. The molecule has 0 bridgehead atoms. The summed E-state index contributed by atoms with van der Waals surface area (Å²) in [6, 6.07) is 18.0. The number of anilines is 1. The van der Waals surface area contributed by atoms with Crippen LogP contribution in [0.2, 0.25) is 0 Å². The van der Waals surface area contributed by atoms with Gasteiger partial charge in [0.2, 0.25) is 5.89 Å². The first-order valence-electron chi connectivity index (χ1n) is 10.8. The summed E-state index contributed by atoms with van der Waals surface area (Å²) in [5.74, 6) is 2.13. The summed E-state index contributed by atoms with van der Waals surface area (Å²) in [6.07, 6.45) is 2.03. The molecule has 0 saturated heterocycles. The van der Waals surface area contributed by atoms with E-state index < -0.39 is 0 Å². The first-order chi connectivity index (χ1) is 16.1. The van der Waals surface area contributed by atoms with Gasteiger partial charge in [-0.15, -0.1) is 0 Å². The van der Waals surface area contributed by atoms with Crippen LogP contribution in [0.4, 0.5) is 5.69 Å². The monoisotopic (exact) mass is 446 g/mol. The zero-order chi connectivity index (χ0) is 23.2. The summed E-state index contributed by atoms with van der Waals surface area (Å²) in [6.45, 7) is 2.74. The Bertz CT molecular complexity index is 1260. The Hall–Kier alpha value is -4.00. The lowest BCUT2D eigenvalue weighted by Crippen LogP contribution is -2.12. The zero-order valence-corrected chi connectivity index (χ0v) is 18.9. The number of carbonyl (C=O) groups excluding carboxylic acids is 1. The van der Waals surface area contributed by atoms with Crippen molar-refractivity contribution >= 4 is 22.7 Å². The maximum Gasteiger partial charge on any atom is 0.255 e. The van der Waals surface area contributed by atoms with Crippen molar-refractivity contribution in [3.05, 3.63) is 66.2 Å². The van der Waals surface area contributed by atoms with E-state index in [1.165, 1.54) is 0 Å². The van der Waals surface area contributed by atoms with Gasteiger partial charge in [0, 0.05) is 16.8 Å². The predicted octanol–water partition coefficient (Wildman–Crippen LogP) is 5.94. The van der Waals surface area contributed by atoms with Crippen molar-refractivity contribution in [3.63, 3.8) is 0 Å². The maximum absolute atomic E-state index is 12.8. The lowest BCUT2D eigenvalue weighted by molar-refractivity contribution is 0.102. The van der Waals surface area contributed by atoms with Crippen molar-refractivity contribution in [2.24, 2.45) is 0 Å². The van der Waals surface area contributed by atoms with Crippen LogP contribution < -0.4 is 19.5 Å². The molecule has 0 spiro atoms. The molecular weight excluding hydrogens is 420 g/mol. The van der Waals surface area contributed by atoms with E-state index in [-0.39, 0.29) is 5.91 Å². The van der Waals surface area contributed by atoms with E-state index in [2.05, 4.69) is 17.2 Å². The second kappa shape index (κ2) is 10.1. The van der Waals surface area contributed by atoms with Gasteiger partial charge in [0.1, 0.15) is 11.3 Å².